The molecule has 1 aliphatic rings. The monoisotopic (exact) mass is 515 g/mol. The topological polar surface area (TPSA) is 117 Å². The Hall–Kier alpha value is -4.57. The molecule has 2 aromatic carbocycles. The fourth-order valence-electron chi connectivity index (χ4n) is 4.29. The molecule has 0 aliphatic carbocycles. The van der Waals surface area contributed by atoms with E-state index in [1.54, 1.807) is 50.3 Å². The van der Waals surface area contributed by atoms with E-state index in [2.05, 4.69) is 4.99 Å². The van der Waals surface area contributed by atoms with Gasteiger partial charge in [0.15, 0.2) is 4.80 Å². The van der Waals surface area contributed by atoms with Gasteiger partial charge in [-0.15, -0.1) is 0 Å². The molecular weight excluding hydrogens is 494 g/mol. The largest absolute Gasteiger partial charge is 0.463 e. The average molecular weight is 516 g/mol. The molecule has 5 rings (SSSR count). The summed E-state index contributed by atoms with van der Waals surface area (Å²) in [7, 11) is 0. The van der Waals surface area contributed by atoms with Crippen LogP contribution >= 0.6 is 11.3 Å². The Kier molecular flexibility index (Phi) is 6.41. The molecule has 0 amide bonds. The highest BCUT2D eigenvalue weighted by Crippen LogP contribution is 2.32. The molecule has 0 N–H and O–H groups in total. The number of nitrogens with zero attached hydrogens (tertiary/aromatic N) is 3. The maximum Gasteiger partial charge on any atom is 0.338 e. The Bertz CT molecular complexity index is 1730. The predicted octanol–water partition coefficient (Wildman–Crippen LogP) is 3.97. The Morgan fingerprint density at radius 3 is 2.62 bits per heavy atom. The van der Waals surface area contributed by atoms with Gasteiger partial charge in [0.05, 0.1) is 38.9 Å². The van der Waals surface area contributed by atoms with Gasteiger partial charge in [0.2, 0.25) is 0 Å². The van der Waals surface area contributed by atoms with Gasteiger partial charge < -0.3 is 9.15 Å². The molecule has 9 nitrogen and oxygen atoms in total. The summed E-state index contributed by atoms with van der Waals surface area (Å²) < 4.78 is 13.0. The molecule has 0 spiro atoms. The number of para-hydroxylation sites is 1. The summed E-state index contributed by atoms with van der Waals surface area (Å²) >= 11 is 1.17. The highest BCUT2D eigenvalue weighted by Gasteiger charge is 2.33. The molecule has 4 aromatic rings. The minimum Gasteiger partial charge on any atom is -0.463 e. The second-order valence-electron chi connectivity index (χ2n) is 8.19. The summed E-state index contributed by atoms with van der Waals surface area (Å²) in [4.78, 5) is 42.5. The zero-order chi connectivity index (χ0) is 26.1. The highest BCUT2D eigenvalue weighted by atomic mass is 32.1. The Morgan fingerprint density at radius 2 is 1.89 bits per heavy atom. The Morgan fingerprint density at radius 1 is 1.16 bits per heavy atom. The number of nitro groups is 1. The van der Waals surface area contributed by atoms with Crippen molar-refractivity contribution in [3.8, 4) is 11.3 Å². The molecule has 0 fully saturated rings. The summed E-state index contributed by atoms with van der Waals surface area (Å²) in [5.74, 6) is 0.150. The number of allylic oxidation sites excluding steroid dienone is 1. The summed E-state index contributed by atoms with van der Waals surface area (Å²) in [6.07, 6.45) is 1.58. The van der Waals surface area contributed by atoms with Crippen molar-refractivity contribution in [2.75, 3.05) is 6.61 Å². The quantitative estimate of drug-likeness (QED) is 0.218. The van der Waals surface area contributed by atoms with Crippen LogP contribution in [-0.2, 0) is 9.53 Å². The normalized spacial score (nSPS) is 15.3. The Labute approximate surface area is 214 Å². The molecule has 1 atom stereocenters. The van der Waals surface area contributed by atoms with E-state index in [4.69, 9.17) is 9.15 Å². The lowest BCUT2D eigenvalue weighted by molar-refractivity contribution is -0.384. The molecule has 1 aliphatic heterocycles. The number of esters is 1. The summed E-state index contributed by atoms with van der Waals surface area (Å²) in [5.41, 5.74) is 1.47. The fourth-order valence-corrected chi connectivity index (χ4v) is 5.31. The van der Waals surface area contributed by atoms with Gasteiger partial charge in [-0.05, 0) is 37.6 Å². The van der Waals surface area contributed by atoms with E-state index in [0.29, 0.717) is 37.7 Å². The molecule has 0 bridgehead atoms. The number of benzene rings is 2. The molecule has 1 unspecified atom stereocenters. The molecule has 37 heavy (non-hydrogen) atoms. The number of ether oxygens (including phenoxy) is 1. The molecule has 186 valence electrons. The van der Waals surface area contributed by atoms with Gasteiger partial charge in [0, 0.05) is 12.1 Å². The first-order chi connectivity index (χ1) is 17.9. The number of fused-ring (bicyclic) bond motifs is 1. The lowest BCUT2D eigenvalue weighted by atomic mass is 9.96. The third-order valence-electron chi connectivity index (χ3n) is 5.90. The molecule has 10 heteroatoms. The van der Waals surface area contributed by atoms with Crippen LogP contribution in [0.1, 0.15) is 31.2 Å². The van der Waals surface area contributed by atoms with Crippen LogP contribution in [-0.4, -0.2) is 22.1 Å². The Balaban J connectivity index is 1.63. The number of nitro benzene ring substituents is 1. The van der Waals surface area contributed by atoms with Gasteiger partial charge in [0.1, 0.15) is 11.5 Å². The van der Waals surface area contributed by atoms with Crippen LogP contribution < -0.4 is 14.9 Å². The third kappa shape index (κ3) is 4.43. The van der Waals surface area contributed by atoms with Crippen molar-refractivity contribution in [3.63, 3.8) is 0 Å². The van der Waals surface area contributed by atoms with Gasteiger partial charge in [-0.3, -0.25) is 19.5 Å². The van der Waals surface area contributed by atoms with Gasteiger partial charge in [-0.1, -0.05) is 53.8 Å². The van der Waals surface area contributed by atoms with E-state index in [-0.39, 0.29) is 17.9 Å². The number of aromatic nitrogens is 1. The van der Waals surface area contributed by atoms with Gasteiger partial charge in [0.25, 0.3) is 11.2 Å². The standard InChI is InChI=1S/C27H21N3O6S/c1-3-35-26(32)23-16(2)28-27-29(24(23)17-9-5-4-6-10-17)25(31)22(37-27)15-18-13-14-21(36-18)19-11-7-8-12-20(19)30(33)34/h4-15,24H,3H2,1-2H3/b22-15-. The minimum absolute atomic E-state index is 0.0763. The van der Waals surface area contributed by atoms with Crippen LogP contribution in [0.2, 0.25) is 0 Å². The molecule has 2 aromatic heterocycles. The van der Waals surface area contributed by atoms with Crippen molar-refractivity contribution in [2.45, 2.75) is 19.9 Å². The smallest absolute Gasteiger partial charge is 0.338 e. The summed E-state index contributed by atoms with van der Waals surface area (Å²) in [6.45, 7) is 3.65. The van der Waals surface area contributed by atoms with E-state index >= 15 is 0 Å². The average Bonchev–Trinajstić information content (AvgIpc) is 3.48. The van der Waals surface area contributed by atoms with E-state index in [0.717, 1.165) is 5.56 Å². The predicted molar refractivity (Wildman–Crippen MR) is 138 cm³/mol. The fraction of sp³-hybridized carbons (Fsp3) is 0.148. The van der Waals surface area contributed by atoms with Crippen LogP contribution in [0.5, 0.6) is 0 Å². The first-order valence-corrected chi connectivity index (χ1v) is 12.3. The number of hydrogen-bond donors (Lipinski definition) is 0. The van der Waals surface area contributed by atoms with Crippen molar-refractivity contribution < 1.29 is 18.9 Å². The second kappa shape index (κ2) is 9.82. The molecule has 3 heterocycles. The third-order valence-corrected chi connectivity index (χ3v) is 6.88. The number of thiazole rings is 1. The van der Waals surface area contributed by atoms with E-state index < -0.39 is 16.9 Å². The number of hydrogen-bond acceptors (Lipinski definition) is 8. The van der Waals surface area contributed by atoms with Crippen LogP contribution in [0.15, 0.2) is 92.2 Å². The van der Waals surface area contributed by atoms with Crippen molar-refractivity contribution in [1.29, 1.82) is 0 Å². The zero-order valence-electron chi connectivity index (χ0n) is 19.9. The van der Waals surface area contributed by atoms with Crippen LogP contribution in [0.3, 0.4) is 0 Å². The zero-order valence-corrected chi connectivity index (χ0v) is 20.7. The summed E-state index contributed by atoms with van der Waals surface area (Å²) in [6, 6.07) is 18.1. The van der Waals surface area contributed by atoms with Gasteiger partial charge in [-0.25, -0.2) is 9.79 Å². The van der Waals surface area contributed by atoms with Crippen molar-refractivity contribution in [3.05, 3.63) is 119 Å². The number of carbonyl (C=O) groups excluding carboxylic acids is 1. The minimum atomic E-state index is -0.696. The van der Waals surface area contributed by atoms with Crippen molar-refractivity contribution >= 4 is 29.1 Å². The highest BCUT2D eigenvalue weighted by molar-refractivity contribution is 7.07. The SMILES string of the molecule is CCOC(=O)C1=C(C)N=c2s/c(=C\c3ccc(-c4ccccc4[N+](=O)[O-])o3)c(=O)n2C1c1ccccc1. The van der Waals surface area contributed by atoms with Crippen molar-refractivity contribution in [2.24, 2.45) is 4.99 Å². The van der Waals surface area contributed by atoms with Crippen molar-refractivity contribution in [1.82, 2.24) is 4.57 Å². The van der Waals surface area contributed by atoms with Crippen LogP contribution in [0.25, 0.3) is 17.4 Å². The number of furan rings is 1. The maximum absolute atomic E-state index is 13.6. The first-order valence-electron chi connectivity index (χ1n) is 11.5. The maximum atomic E-state index is 13.6. The lowest BCUT2D eigenvalue weighted by Gasteiger charge is -2.24. The molecular formula is C27H21N3O6S. The van der Waals surface area contributed by atoms with Gasteiger partial charge in [-0.2, -0.15) is 0 Å². The number of carbonyl (C=O) groups is 1. The van der Waals surface area contributed by atoms with E-state index in [9.17, 15) is 19.7 Å². The summed E-state index contributed by atoms with van der Waals surface area (Å²) in [5, 5.41) is 11.4. The second-order valence-corrected chi connectivity index (χ2v) is 9.20. The van der Waals surface area contributed by atoms with E-state index in [1.165, 1.54) is 22.0 Å². The first kappa shape index (κ1) is 24.1. The van der Waals surface area contributed by atoms with Crippen LogP contribution in [0.4, 0.5) is 5.69 Å². The van der Waals surface area contributed by atoms with E-state index in [1.807, 2.05) is 30.3 Å². The molecule has 0 radical (unpaired) electrons. The van der Waals surface area contributed by atoms with Crippen LogP contribution in [0, 0.1) is 10.1 Å². The lowest BCUT2D eigenvalue weighted by Crippen LogP contribution is -2.39. The molecule has 0 saturated carbocycles. The number of rotatable bonds is 6. The van der Waals surface area contributed by atoms with Gasteiger partial charge >= 0.3 is 5.97 Å². The molecule has 0 saturated heterocycles.